The molecule has 0 saturated carbocycles. The van der Waals surface area contributed by atoms with E-state index in [1.807, 2.05) is 27.7 Å². The molecular weight excluding hydrogens is 363 g/mol. The SMILES string of the molecule is CC.CC.CCOC(=O)C1(C(=O)OCC)Cc2cc(Cl)c(Cl)cc2C1. The minimum atomic E-state index is -1.33. The summed E-state index contributed by atoms with van der Waals surface area (Å²) < 4.78 is 10.2. The van der Waals surface area contributed by atoms with Gasteiger partial charge in [-0.2, -0.15) is 0 Å². The number of hydrogen-bond donors (Lipinski definition) is 0. The van der Waals surface area contributed by atoms with E-state index >= 15 is 0 Å². The van der Waals surface area contributed by atoms with Crippen LogP contribution in [0, 0.1) is 5.41 Å². The van der Waals surface area contributed by atoms with Gasteiger partial charge in [-0.15, -0.1) is 0 Å². The molecule has 0 bridgehead atoms. The molecule has 0 heterocycles. The lowest BCUT2D eigenvalue weighted by Crippen LogP contribution is -2.43. The Hall–Kier alpha value is -1.26. The van der Waals surface area contributed by atoms with Crippen molar-refractivity contribution in [2.45, 2.75) is 54.4 Å². The second-order valence-electron chi connectivity index (χ2n) is 4.91. The first-order valence-electron chi connectivity index (χ1n) is 8.75. The van der Waals surface area contributed by atoms with Gasteiger partial charge in [0, 0.05) is 0 Å². The summed E-state index contributed by atoms with van der Waals surface area (Å²) in [6.07, 6.45) is 0.438. The molecule has 0 saturated heterocycles. The molecule has 4 nitrogen and oxygen atoms in total. The monoisotopic (exact) mass is 390 g/mol. The summed E-state index contributed by atoms with van der Waals surface area (Å²) in [6.45, 7) is 11.8. The molecule has 0 N–H and O–H groups in total. The standard InChI is InChI=1S/C15H16Cl2O4.2C2H6/c1-3-20-13(18)15(14(19)21-4-2)7-9-5-11(16)12(17)6-10(9)8-15;2*1-2/h5-6H,3-4,7-8H2,1-2H3;2*1-2H3. The number of rotatable bonds is 4. The fourth-order valence-corrected chi connectivity index (χ4v) is 2.95. The zero-order chi connectivity index (χ0) is 19.6. The summed E-state index contributed by atoms with van der Waals surface area (Å²) in [5.41, 5.74) is 0.318. The molecule has 0 spiro atoms. The molecule has 25 heavy (non-hydrogen) atoms. The third-order valence-corrected chi connectivity index (χ3v) is 4.28. The first-order valence-corrected chi connectivity index (χ1v) is 9.51. The maximum atomic E-state index is 12.3. The molecule has 0 unspecified atom stereocenters. The fourth-order valence-electron chi connectivity index (χ4n) is 2.58. The molecule has 0 aliphatic heterocycles. The van der Waals surface area contributed by atoms with Gasteiger partial charge in [0.1, 0.15) is 0 Å². The molecule has 0 radical (unpaired) electrons. The van der Waals surface area contributed by atoms with Gasteiger partial charge in [-0.1, -0.05) is 50.9 Å². The molecule has 142 valence electrons. The van der Waals surface area contributed by atoms with Crippen molar-refractivity contribution >= 4 is 35.1 Å². The molecule has 0 amide bonds. The number of benzene rings is 1. The Labute approximate surface area is 160 Å². The third-order valence-electron chi connectivity index (χ3n) is 3.56. The molecule has 2 rings (SSSR count). The molecule has 1 aliphatic carbocycles. The van der Waals surface area contributed by atoms with E-state index in [-0.39, 0.29) is 26.1 Å². The lowest BCUT2D eigenvalue weighted by atomic mass is 9.85. The Kier molecular flexibility index (Phi) is 10.8. The molecular formula is C19H28Cl2O4. The molecule has 1 aliphatic rings. The maximum absolute atomic E-state index is 12.3. The second-order valence-corrected chi connectivity index (χ2v) is 5.73. The van der Waals surface area contributed by atoms with Crippen LogP contribution in [0.1, 0.15) is 52.7 Å². The minimum absolute atomic E-state index is 0.206. The van der Waals surface area contributed by atoms with E-state index in [2.05, 4.69) is 0 Å². The van der Waals surface area contributed by atoms with Crippen molar-refractivity contribution in [2.24, 2.45) is 5.41 Å². The lowest BCUT2D eigenvalue weighted by molar-refractivity contribution is -0.171. The summed E-state index contributed by atoms with van der Waals surface area (Å²) in [5.74, 6) is -1.13. The molecule has 0 fully saturated rings. The van der Waals surface area contributed by atoms with Crippen molar-refractivity contribution in [3.8, 4) is 0 Å². The predicted octanol–water partition coefficient (Wildman–Crippen LogP) is 5.26. The van der Waals surface area contributed by atoms with Crippen LogP contribution in [0.25, 0.3) is 0 Å². The van der Waals surface area contributed by atoms with Gasteiger partial charge in [-0.3, -0.25) is 9.59 Å². The topological polar surface area (TPSA) is 52.6 Å². The van der Waals surface area contributed by atoms with Crippen LogP contribution in [0.5, 0.6) is 0 Å². The van der Waals surface area contributed by atoms with E-state index < -0.39 is 17.4 Å². The van der Waals surface area contributed by atoms with E-state index in [0.717, 1.165) is 11.1 Å². The summed E-state index contributed by atoms with van der Waals surface area (Å²) >= 11 is 12.0. The quantitative estimate of drug-likeness (QED) is 0.519. The van der Waals surface area contributed by atoms with Crippen molar-refractivity contribution in [2.75, 3.05) is 13.2 Å². The van der Waals surface area contributed by atoms with Crippen molar-refractivity contribution in [1.82, 2.24) is 0 Å². The number of fused-ring (bicyclic) bond motifs is 1. The van der Waals surface area contributed by atoms with E-state index in [4.69, 9.17) is 32.7 Å². The number of hydrogen-bond acceptors (Lipinski definition) is 4. The van der Waals surface area contributed by atoms with Gasteiger partial charge >= 0.3 is 11.9 Å². The summed E-state index contributed by atoms with van der Waals surface area (Å²) in [7, 11) is 0. The second kappa shape index (κ2) is 11.4. The summed E-state index contributed by atoms with van der Waals surface area (Å²) in [5, 5.41) is 0.804. The number of esters is 2. The molecule has 1 aromatic rings. The Morgan fingerprint density at radius 1 is 0.880 bits per heavy atom. The smallest absolute Gasteiger partial charge is 0.324 e. The van der Waals surface area contributed by atoms with E-state index in [1.54, 1.807) is 26.0 Å². The van der Waals surface area contributed by atoms with Crippen molar-refractivity contribution in [3.63, 3.8) is 0 Å². The van der Waals surface area contributed by atoms with Crippen LogP contribution in [0.2, 0.25) is 10.0 Å². The van der Waals surface area contributed by atoms with Crippen molar-refractivity contribution in [1.29, 1.82) is 0 Å². The largest absolute Gasteiger partial charge is 0.465 e. The molecule has 0 atom stereocenters. The van der Waals surface area contributed by atoms with Gasteiger partial charge in [-0.25, -0.2) is 0 Å². The number of carbonyl (C=O) groups is 2. The first kappa shape index (κ1) is 23.7. The van der Waals surface area contributed by atoms with Crippen molar-refractivity contribution in [3.05, 3.63) is 33.3 Å². The number of carbonyl (C=O) groups excluding carboxylic acids is 2. The van der Waals surface area contributed by atoms with Gasteiger partial charge in [0.2, 0.25) is 0 Å². The number of ether oxygens (including phenoxy) is 2. The Morgan fingerprint density at radius 2 is 1.20 bits per heavy atom. The highest BCUT2D eigenvalue weighted by molar-refractivity contribution is 6.42. The van der Waals surface area contributed by atoms with E-state index in [0.29, 0.717) is 10.0 Å². The van der Waals surface area contributed by atoms with Crippen LogP contribution in [-0.2, 0) is 31.9 Å². The zero-order valence-corrected chi connectivity index (χ0v) is 17.4. The third kappa shape index (κ3) is 5.35. The van der Waals surface area contributed by atoms with Crippen LogP contribution in [0.4, 0.5) is 0 Å². The van der Waals surface area contributed by atoms with Crippen LogP contribution >= 0.6 is 23.2 Å². The highest BCUT2D eigenvalue weighted by Gasteiger charge is 2.53. The molecule has 1 aromatic carbocycles. The molecule has 6 heteroatoms. The fraction of sp³-hybridized carbons (Fsp3) is 0.579. The van der Waals surface area contributed by atoms with Crippen molar-refractivity contribution < 1.29 is 19.1 Å². The molecule has 0 aromatic heterocycles. The van der Waals surface area contributed by atoms with Gasteiger partial charge < -0.3 is 9.47 Å². The Morgan fingerprint density at radius 3 is 1.48 bits per heavy atom. The first-order chi connectivity index (χ1) is 11.9. The van der Waals surface area contributed by atoms with Gasteiger partial charge in [-0.05, 0) is 49.9 Å². The van der Waals surface area contributed by atoms with Crippen LogP contribution in [-0.4, -0.2) is 25.2 Å². The van der Waals surface area contributed by atoms with E-state index in [9.17, 15) is 9.59 Å². The average molecular weight is 391 g/mol. The minimum Gasteiger partial charge on any atom is -0.465 e. The normalized spacial score (nSPS) is 13.4. The number of halogens is 2. The Balaban J connectivity index is 0.00000134. The van der Waals surface area contributed by atoms with Gasteiger partial charge in [0.05, 0.1) is 23.3 Å². The summed E-state index contributed by atoms with van der Waals surface area (Å²) in [4.78, 5) is 24.7. The lowest BCUT2D eigenvalue weighted by Gasteiger charge is -2.23. The predicted molar refractivity (Wildman–Crippen MR) is 102 cm³/mol. The van der Waals surface area contributed by atoms with Gasteiger partial charge in [0.25, 0.3) is 0 Å². The highest BCUT2D eigenvalue weighted by Crippen LogP contribution is 2.42. The summed E-state index contributed by atoms with van der Waals surface area (Å²) in [6, 6.07) is 3.39. The van der Waals surface area contributed by atoms with Gasteiger partial charge in [0.15, 0.2) is 5.41 Å². The highest BCUT2D eigenvalue weighted by atomic mass is 35.5. The Bertz CT molecular complexity index is 534. The average Bonchev–Trinajstić information content (AvgIpc) is 2.99. The van der Waals surface area contributed by atoms with Crippen LogP contribution < -0.4 is 0 Å². The van der Waals surface area contributed by atoms with Crippen LogP contribution in [0.3, 0.4) is 0 Å². The van der Waals surface area contributed by atoms with E-state index in [1.165, 1.54) is 0 Å². The van der Waals surface area contributed by atoms with Crippen LogP contribution in [0.15, 0.2) is 12.1 Å². The maximum Gasteiger partial charge on any atom is 0.324 e. The zero-order valence-electron chi connectivity index (χ0n) is 15.9.